The Morgan fingerprint density at radius 2 is 1.37 bits per heavy atom. The number of benzene rings is 3. The molecule has 0 unspecified atom stereocenters. The second-order valence-electron chi connectivity index (χ2n) is 5.66. The molecule has 3 aromatic rings. The molecule has 0 atom stereocenters. The Kier molecular flexibility index (Phi) is 5.94. The summed E-state index contributed by atoms with van der Waals surface area (Å²) in [5.74, 6) is -1.28. The van der Waals surface area contributed by atoms with Crippen molar-refractivity contribution in [2.24, 2.45) is 0 Å². The molecule has 0 radical (unpaired) electrons. The molecule has 0 amide bonds. The molecule has 0 aliphatic rings. The van der Waals surface area contributed by atoms with E-state index in [9.17, 15) is 14.0 Å². The zero-order chi connectivity index (χ0) is 19.1. The highest BCUT2D eigenvalue weighted by Crippen LogP contribution is 2.17. The first-order valence-electron chi connectivity index (χ1n) is 8.40. The van der Waals surface area contributed by atoms with Crippen molar-refractivity contribution in [3.63, 3.8) is 0 Å². The van der Waals surface area contributed by atoms with Crippen LogP contribution >= 0.6 is 0 Å². The normalized spacial score (nSPS) is 10.3. The minimum Gasteiger partial charge on any atom is -0.487 e. The zero-order valence-electron chi connectivity index (χ0n) is 14.4. The van der Waals surface area contributed by atoms with E-state index in [1.54, 1.807) is 54.6 Å². The summed E-state index contributed by atoms with van der Waals surface area (Å²) in [6.45, 7) is -0.0670. The number of carbonyl (C=O) groups is 2. The van der Waals surface area contributed by atoms with Crippen LogP contribution < -0.4 is 4.74 Å². The van der Waals surface area contributed by atoms with E-state index < -0.39 is 11.8 Å². The van der Waals surface area contributed by atoms with Crippen LogP contribution in [0.3, 0.4) is 0 Å². The molecule has 0 saturated heterocycles. The van der Waals surface area contributed by atoms with Gasteiger partial charge < -0.3 is 9.47 Å². The van der Waals surface area contributed by atoms with E-state index in [0.717, 1.165) is 0 Å². The summed E-state index contributed by atoms with van der Waals surface area (Å²) in [6.07, 6.45) is 0. The summed E-state index contributed by atoms with van der Waals surface area (Å²) >= 11 is 0. The zero-order valence-corrected chi connectivity index (χ0v) is 14.4. The Bertz CT molecular complexity index is 938. The lowest BCUT2D eigenvalue weighted by molar-refractivity contribution is 0.0446. The number of halogens is 1. The van der Waals surface area contributed by atoms with Gasteiger partial charge in [0.15, 0.2) is 17.3 Å². The average Bonchev–Trinajstić information content (AvgIpc) is 2.72. The Morgan fingerprint density at radius 1 is 0.741 bits per heavy atom. The van der Waals surface area contributed by atoms with Crippen LogP contribution in [0.2, 0.25) is 0 Å². The highest BCUT2D eigenvalue weighted by Gasteiger charge is 2.18. The molecule has 0 spiro atoms. The second kappa shape index (κ2) is 8.76. The van der Waals surface area contributed by atoms with E-state index in [1.165, 1.54) is 18.2 Å². The Hall–Kier alpha value is -3.47. The Balaban J connectivity index is 1.64. The third kappa shape index (κ3) is 4.58. The second-order valence-corrected chi connectivity index (χ2v) is 5.66. The maximum atomic E-state index is 13.5. The van der Waals surface area contributed by atoms with Gasteiger partial charge in [-0.1, -0.05) is 60.7 Å². The van der Waals surface area contributed by atoms with Crippen molar-refractivity contribution in [2.45, 2.75) is 0 Å². The summed E-state index contributed by atoms with van der Waals surface area (Å²) in [5.41, 5.74) is 0.932. The van der Waals surface area contributed by atoms with Gasteiger partial charge in [-0.15, -0.1) is 0 Å². The summed E-state index contributed by atoms with van der Waals surface area (Å²) in [6, 6.07) is 21.2. The van der Waals surface area contributed by atoms with Gasteiger partial charge in [0.05, 0.1) is 5.56 Å². The largest absolute Gasteiger partial charge is 0.487 e. The summed E-state index contributed by atoms with van der Waals surface area (Å²) in [7, 11) is 0. The molecule has 0 aliphatic heterocycles. The van der Waals surface area contributed by atoms with E-state index in [1.807, 2.05) is 6.07 Å². The topological polar surface area (TPSA) is 52.6 Å². The fourth-order valence-corrected chi connectivity index (χ4v) is 2.53. The van der Waals surface area contributed by atoms with Crippen LogP contribution in [0, 0.1) is 5.82 Å². The first-order chi connectivity index (χ1) is 13.2. The third-order valence-corrected chi connectivity index (χ3v) is 3.84. The van der Waals surface area contributed by atoms with Crippen LogP contribution in [0.15, 0.2) is 78.9 Å². The molecule has 5 heteroatoms. The van der Waals surface area contributed by atoms with Crippen molar-refractivity contribution in [3.05, 3.63) is 101 Å². The van der Waals surface area contributed by atoms with Crippen LogP contribution in [-0.4, -0.2) is 25.0 Å². The number of para-hydroxylation sites is 1. The van der Waals surface area contributed by atoms with Crippen LogP contribution in [0.1, 0.15) is 26.3 Å². The lowest BCUT2D eigenvalue weighted by Gasteiger charge is -2.10. The minimum atomic E-state index is -0.632. The van der Waals surface area contributed by atoms with Crippen molar-refractivity contribution in [1.29, 1.82) is 0 Å². The Morgan fingerprint density at radius 3 is 2.11 bits per heavy atom. The van der Waals surface area contributed by atoms with E-state index in [4.69, 9.17) is 9.47 Å². The molecule has 0 aromatic heterocycles. The van der Waals surface area contributed by atoms with Gasteiger partial charge in [0, 0.05) is 11.1 Å². The minimum absolute atomic E-state index is 0.00146. The fraction of sp³-hybridized carbons (Fsp3) is 0.0909. The van der Waals surface area contributed by atoms with E-state index in [2.05, 4.69) is 0 Å². The van der Waals surface area contributed by atoms with Crippen LogP contribution in [0.25, 0.3) is 0 Å². The average molecular weight is 364 g/mol. The van der Waals surface area contributed by atoms with Crippen LogP contribution in [-0.2, 0) is 4.74 Å². The van der Waals surface area contributed by atoms with Crippen molar-refractivity contribution in [3.8, 4) is 5.75 Å². The van der Waals surface area contributed by atoms with Gasteiger partial charge in [-0.2, -0.15) is 0 Å². The molecule has 3 aromatic carbocycles. The summed E-state index contributed by atoms with van der Waals surface area (Å²) in [5, 5.41) is 0. The molecule has 0 saturated carbocycles. The number of rotatable bonds is 7. The number of hydrogen-bond donors (Lipinski definition) is 0. The van der Waals surface area contributed by atoms with Crippen LogP contribution in [0.4, 0.5) is 4.39 Å². The number of carbonyl (C=O) groups excluding carboxylic acids is 2. The van der Waals surface area contributed by atoms with Crippen LogP contribution in [0.5, 0.6) is 5.75 Å². The van der Waals surface area contributed by atoms with Gasteiger partial charge in [0.1, 0.15) is 13.2 Å². The molecule has 0 aliphatic carbocycles. The molecule has 4 nitrogen and oxygen atoms in total. The Labute approximate surface area is 156 Å². The predicted molar refractivity (Wildman–Crippen MR) is 98.5 cm³/mol. The van der Waals surface area contributed by atoms with Gasteiger partial charge >= 0.3 is 5.97 Å². The van der Waals surface area contributed by atoms with Crippen molar-refractivity contribution >= 4 is 11.8 Å². The standard InChI is InChI=1S/C22H17FO4/c23-19-12-6-7-13-20(19)26-14-15-27-22(25)18-11-5-4-10-17(18)21(24)16-8-2-1-3-9-16/h1-13H,14-15H2. The molecule has 0 bridgehead atoms. The smallest absolute Gasteiger partial charge is 0.339 e. The first kappa shape index (κ1) is 18.3. The van der Waals surface area contributed by atoms with E-state index in [0.29, 0.717) is 5.56 Å². The highest BCUT2D eigenvalue weighted by atomic mass is 19.1. The number of ketones is 1. The number of ether oxygens (including phenoxy) is 2. The first-order valence-corrected chi connectivity index (χ1v) is 8.40. The van der Waals surface area contributed by atoms with Gasteiger partial charge in [-0.25, -0.2) is 9.18 Å². The molecule has 0 heterocycles. The monoisotopic (exact) mass is 364 g/mol. The SMILES string of the molecule is O=C(OCCOc1ccccc1F)c1ccccc1C(=O)c1ccccc1. The number of esters is 1. The number of hydrogen-bond acceptors (Lipinski definition) is 4. The molecular formula is C22H17FO4. The van der Waals surface area contributed by atoms with Crippen molar-refractivity contribution in [1.82, 2.24) is 0 Å². The highest BCUT2D eigenvalue weighted by molar-refractivity contribution is 6.14. The summed E-state index contributed by atoms with van der Waals surface area (Å²) < 4.78 is 23.9. The van der Waals surface area contributed by atoms with E-state index in [-0.39, 0.29) is 35.9 Å². The predicted octanol–water partition coefficient (Wildman–Crippen LogP) is 4.29. The lowest BCUT2D eigenvalue weighted by atomic mass is 9.98. The van der Waals surface area contributed by atoms with Crippen molar-refractivity contribution < 1.29 is 23.5 Å². The van der Waals surface area contributed by atoms with Gasteiger partial charge in [0.2, 0.25) is 0 Å². The van der Waals surface area contributed by atoms with Gasteiger partial charge in [0.25, 0.3) is 0 Å². The quantitative estimate of drug-likeness (QED) is 0.356. The van der Waals surface area contributed by atoms with Gasteiger partial charge in [-0.3, -0.25) is 4.79 Å². The third-order valence-electron chi connectivity index (χ3n) is 3.84. The molecule has 136 valence electrons. The van der Waals surface area contributed by atoms with Crippen molar-refractivity contribution in [2.75, 3.05) is 13.2 Å². The molecule has 0 fully saturated rings. The molecule has 3 rings (SSSR count). The summed E-state index contributed by atoms with van der Waals surface area (Å²) in [4.78, 5) is 25.0. The maximum Gasteiger partial charge on any atom is 0.339 e. The molecule has 27 heavy (non-hydrogen) atoms. The van der Waals surface area contributed by atoms with Gasteiger partial charge in [-0.05, 0) is 18.2 Å². The molecule has 0 N–H and O–H groups in total. The lowest BCUT2D eigenvalue weighted by Crippen LogP contribution is -2.16. The fourth-order valence-electron chi connectivity index (χ4n) is 2.53. The molecular weight excluding hydrogens is 347 g/mol. The van der Waals surface area contributed by atoms with E-state index >= 15 is 0 Å². The maximum absolute atomic E-state index is 13.5.